The van der Waals surface area contributed by atoms with Crippen molar-refractivity contribution in [2.45, 2.75) is 24.5 Å². The molecule has 112 valence electrons. The van der Waals surface area contributed by atoms with E-state index in [1.807, 2.05) is 0 Å². The highest BCUT2D eigenvalue weighted by molar-refractivity contribution is 7.43. The van der Waals surface area contributed by atoms with Crippen LogP contribution in [0.5, 0.6) is 0 Å². The molecule has 1 unspecified atom stereocenters. The molecule has 10 nitrogen and oxygen atoms in total. The van der Waals surface area contributed by atoms with E-state index in [2.05, 4.69) is 4.98 Å². The zero-order valence-electron chi connectivity index (χ0n) is 10.4. The van der Waals surface area contributed by atoms with Gasteiger partial charge in [0.2, 0.25) is 8.53 Å². The first-order valence-electron chi connectivity index (χ1n) is 5.70. The summed E-state index contributed by atoms with van der Waals surface area (Å²) in [6, 6.07) is 0.565. The lowest BCUT2D eigenvalue weighted by atomic mass is 10.1. The van der Waals surface area contributed by atoms with E-state index in [-0.39, 0.29) is 12.4 Å². The van der Waals surface area contributed by atoms with Crippen LogP contribution in [0.1, 0.15) is 6.23 Å². The summed E-state index contributed by atoms with van der Waals surface area (Å²) in [5, 5.41) is 9.94. The number of nitrogen functional groups attached to an aromatic ring is 1. The van der Waals surface area contributed by atoms with Gasteiger partial charge < -0.3 is 30.7 Å². The van der Waals surface area contributed by atoms with E-state index in [9.17, 15) is 9.90 Å². The SMILES string of the molecule is Nc1ccn([C@@H]2O[C@H](COP(N)O)[C@@H](O)[C@H]2N)c(=O)n1. The molecule has 1 aliphatic rings. The number of hydrogen-bond acceptors (Lipinski definition) is 9. The third-order valence-corrected chi connectivity index (χ3v) is 3.33. The first kappa shape index (κ1) is 15.3. The van der Waals surface area contributed by atoms with E-state index in [1.165, 1.54) is 12.3 Å². The number of hydrogen-bond donors (Lipinski definition) is 5. The van der Waals surface area contributed by atoms with Gasteiger partial charge in [0, 0.05) is 6.20 Å². The summed E-state index contributed by atoms with van der Waals surface area (Å²) >= 11 is 0. The van der Waals surface area contributed by atoms with E-state index in [1.54, 1.807) is 0 Å². The highest BCUT2D eigenvalue weighted by atomic mass is 31.2. The minimum absolute atomic E-state index is 0.0762. The third kappa shape index (κ3) is 3.13. The number of nitrogens with two attached hydrogens (primary N) is 3. The van der Waals surface area contributed by atoms with Crippen molar-refractivity contribution in [3.63, 3.8) is 0 Å². The normalized spacial score (nSPS) is 31.4. The van der Waals surface area contributed by atoms with Gasteiger partial charge in [-0.1, -0.05) is 0 Å². The Balaban J connectivity index is 2.15. The molecule has 0 aromatic carbocycles. The van der Waals surface area contributed by atoms with Crippen LogP contribution in [-0.2, 0) is 9.26 Å². The molecule has 0 aliphatic carbocycles. The van der Waals surface area contributed by atoms with Gasteiger partial charge in [-0.3, -0.25) is 10.1 Å². The Morgan fingerprint density at radius 1 is 1.60 bits per heavy atom. The average molecular weight is 305 g/mol. The second kappa shape index (κ2) is 6.10. The predicted octanol–water partition coefficient (Wildman–Crippen LogP) is -2.39. The number of anilines is 1. The molecule has 20 heavy (non-hydrogen) atoms. The molecule has 1 aliphatic heterocycles. The van der Waals surface area contributed by atoms with Crippen LogP contribution in [0.4, 0.5) is 5.82 Å². The lowest BCUT2D eigenvalue weighted by molar-refractivity contribution is -0.0412. The van der Waals surface area contributed by atoms with E-state index in [0.29, 0.717) is 0 Å². The lowest BCUT2D eigenvalue weighted by Gasteiger charge is -2.17. The van der Waals surface area contributed by atoms with Crippen molar-refractivity contribution in [1.29, 1.82) is 0 Å². The van der Waals surface area contributed by atoms with Crippen LogP contribution < -0.4 is 22.7 Å². The minimum atomic E-state index is -2.06. The second-order valence-corrected chi connectivity index (χ2v) is 5.14. The van der Waals surface area contributed by atoms with Crippen LogP contribution in [0.3, 0.4) is 0 Å². The van der Waals surface area contributed by atoms with Crippen LogP contribution in [0.2, 0.25) is 0 Å². The van der Waals surface area contributed by atoms with E-state index >= 15 is 0 Å². The summed E-state index contributed by atoms with van der Waals surface area (Å²) < 4.78 is 11.4. The number of aliphatic hydroxyl groups excluding tert-OH is 1. The number of aromatic nitrogens is 2. The van der Waals surface area contributed by atoms with Crippen LogP contribution >= 0.6 is 8.53 Å². The van der Waals surface area contributed by atoms with Crippen LogP contribution in [-0.4, -0.2) is 44.4 Å². The molecule has 1 fully saturated rings. The van der Waals surface area contributed by atoms with Crippen molar-refractivity contribution in [3.05, 3.63) is 22.7 Å². The molecule has 8 N–H and O–H groups in total. The second-order valence-electron chi connectivity index (χ2n) is 4.27. The lowest BCUT2D eigenvalue weighted by Crippen LogP contribution is -2.42. The number of rotatable bonds is 4. The van der Waals surface area contributed by atoms with Gasteiger partial charge in [-0.25, -0.2) is 4.79 Å². The molecule has 2 heterocycles. The largest absolute Gasteiger partial charge is 0.389 e. The van der Waals surface area contributed by atoms with Crippen LogP contribution in [0.15, 0.2) is 17.1 Å². The van der Waals surface area contributed by atoms with Crippen molar-refractivity contribution in [3.8, 4) is 0 Å². The van der Waals surface area contributed by atoms with Gasteiger partial charge in [0.1, 0.15) is 18.0 Å². The van der Waals surface area contributed by atoms with Crippen molar-refractivity contribution >= 4 is 14.3 Å². The van der Waals surface area contributed by atoms with E-state index in [4.69, 9.17) is 31.1 Å². The smallest absolute Gasteiger partial charge is 0.351 e. The Morgan fingerprint density at radius 3 is 2.90 bits per heavy atom. The molecule has 11 heteroatoms. The fourth-order valence-corrected chi connectivity index (χ4v) is 2.22. The van der Waals surface area contributed by atoms with E-state index in [0.717, 1.165) is 4.57 Å². The number of nitrogens with zero attached hydrogens (tertiary/aromatic N) is 2. The Bertz CT molecular complexity index is 526. The quantitative estimate of drug-likeness (QED) is 0.380. The van der Waals surface area contributed by atoms with E-state index < -0.39 is 38.7 Å². The minimum Gasteiger partial charge on any atom is -0.389 e. The fourth-order valence-electron chi connectivity index (χ4n) is 1.93. The van der Waals surface area contributed by atoms with Crippen molar-refractivity contribution in [2.75, 3.05) is 12.3 Å². The summed E-state index contributed by atoms with van der Waals surface area (Å²) in [6.07, 6.45) is -1.39. The van der Waals surface area contributed by atoms with Crippen molar-refractivity contribution in [2.24, 2.45) is 11.2 Å². The molecule has 0 amide bonds. The molecule has 0 saturated carbocycles. The Hall–Kier alpha value is -1.13. The van der Waals surface area contributed by atoms with Crippen LogP contribution in [0, 0.1) is 0 Å². The molecule has 2 rings (SSSR count). The highest BCUT2D eigenvalue weighted by Crippen LogP contribution is 2.29. The third-order valence-electron chi connectivity index (χ3n) is 2.92. The monoisotopic (exact) mass is 305 g/mol. The van der Waals surface area contributed by atoms with Gasteiger partial charge in [0.25, 0.3) is 0 Å². The molecule has 0 bridgehead atoms. The number of ether oxygens (including phenoxy) is 1. The van der Waals surface area contributed by atoms with Crippen molar-refractivity contribution < 1.29 is 19.3 Å². The summed E-state index contributed by atoms with van der Waals surface area (Å²) in [6.45, 7) is -0.138. The molecule has 1 saturated heterocycles. The van der Waals surface area contributed by atoms with Gasteiger partial charge >= 0.3 is 5.69 Å². The maximum Gasteiger partial charge on any atom is 0.351 e. The zero-order valence-corrected chi connectivity index (χ0v) is 11.3. The summed E-state index contributed by atoms with van der Waals surface area (Å²) in [5.74, 6) is 0.0762. The standard InChI is InChI=1S/C9H16N5O5P/c10-5-1-2-14(9(16)13-5)8-6(11)7(15)4(19-8)3-18-20(12)17/h1-2,4,6-8,15,17H,3,11-12H2,(H2,10,13,16)/t4-,6-,7-,8-,20?/m1/s1. The zero-order chi connectivity index (χ0) is 14.9. The maximum atomic E-state index is 11.7. The molecule has 5 atom stereocenters. The Labute approximate surface area is 115 Å². The van der Waals surface area contributed by atoms with Crippen molar-refractivity contribution in [1.82, 2.24) is 9.55 Å². The van der Waals surface area contributed by atoms with Gasteiger partial charge in [0.15, 0.2) is 6.23 Å². The first-order chi connectivity index (χ1) is 9.40. The van der Waals surface area contributed by atoms with Gasteiger partial charge in [-0.15, -0.1) is 0 Å². The molecule has 1 aromatic heterocycles. The van der Waals surface area contributed by atoms with Gasteiger partial charge in [-0.05, 0) is 6.07 Å². The summed E-state index contributed by atoms with van der Waals surface area (Å²) in [5.41, 5.74) is 15.7. The molecule has 0 spiro atoms. The molecule has 1 aromatic rings. The Kier molecular flexibility index (Phi) is 4.66. The summed E-state index contributed by atoms with van der Waals surface area (Å²) in [4.78, 5) is 24.2. The fraction of sp³-hybridized carbons (Fsp3) is 0.556. The topological polar surface area (TPSA) is 172 Å². The first-order valence-corrected chi connectivity index (χ1v) is 6.98. The maximum absolute atomic E-state index is 11.7. The molecular formula is C9H16N5O5P. The predicted molar refractivity (Wildman–Crippen MR) is 70.1 cm³/mol. The van der Waals surface area contributed by atoms with Crippen LogP contribution in [0.25, 0.3) is 0 Å². The highest BCUT2D eigenvalue weighted by Gasteiger charge is 2.43. The Morgan fingerprint density at radius 2 is 2.30 bits per heavy atom. The average Bonchev–Trinajstić information content (AvgIpc) is 2.64. The molecule has 0 radical (unpaired) electrons. The summed E-state index contributed by atoms with van der Waals surface area (Å²) in [7, 11) is -2.06. The van der Waals surface area contributed by atoms with Gasteiger partial charge in [0.05, 0.1) is 12.6 Å². The molecular weight excluding hydrogens is 289 g/mol. The number of aliphatic hydroxyl groups is 1. The van der Waals surface area contributed by atoms with Gasteiger partial charge in [-0.2, -0.15) is 4.98 Å².